The Labute approximate surface area is 146 Å². The molecule has 4 nitrogen and oxygen atoms in total. The van der Waals surface area contributed by atoms with Crippen molar-refractivity contribution in [3.05, 3.63) is 83.4 Å². The lowest BCUT2D eigenvalue weighted by atomic mass is 9.97. The van der Waals surface area contributed by atoms with Crippen molar-refractivity contribution < 1.29 is 4.79 Å². The molecule has 1 atom stereocenters. The van der Waals surface area contributed by atoms with Crippen LogP contribution in [0.1, 0.15) is 22.0 Å². The van der Waals surface area contributed by atoms with Crippen molar-refractivity contribution in [1.29, 1.82) is 0 Å². The Morgan fingerprint density at radius 1 is 1.08 bits per heavy atom. The first kappa shape index (κ1) is 16.3. The zero-order chi connectivity index (χ0) is 17.1. The topological polar surface area (TPSA) is 38.1 Å². The molecule has 0 aliphatic carbocycles. The van der Waals surface area contributed by atoms with E-state index in [1.807, 2.05) is 60.0 Å². The largest absolute Gasteiger partial charge is 0.378 e. The first-order valence-electron chi connectivity index (χ1n) is 7.61. The van der Waals surface area contributed by atoms with E-state index >= 15 is 0 Å². The van der Waals surface area contributed by atoms with Crippen LogP contribution in [0.15, 0.2) is 67.3 Å². The van der Waals surface area contributed by atoms with Gasteiger partial charge in [-0.25, -0.2) is 4.98 Å². The van der Waals surface area contributed by atoms with Gasteiger partial charge in [-0.05, 0) is 42.0 Å². The van der Waals surface area contributed by atoms with Crippen LogP contribution in [0.4, 0.5) is 5.69 Å². The Morgan fingerprint density at radius 3 is 2.29 bits per heavy atom. The number of hydrogen-bond acceptors (Lipinski definition) is 3. The fourth-order valence-corrected chi connectivity index (χ4v) is 2.73. The molecule has 5 heteroatoms. The highest BCUT2D eigenvalue weighted by atomic mass is 35.5. The number of benzene rings is 2. The first-order valence-corrected chi connectivity index (χ1v) is 7.98. The number of rotatable bonds is 5. The number of ketones is 1. The van der Waals surface area contributed by atoms with Crippen molar-refractivity contribution in [1.82, 2.24) is 9.55 Å². The van der Waals surface area contributed by atoms with Crippen LogP contribution in [0, 0.1) is 0 Å². The quantitative estimate of drug-likeness (QED) is 0.657. The van der Waals surface area contributed by atoms with Gasteiger partial charge in [-0.3, -0.25) is 4.79 Å². The SMILES string of the molecule is CN(C)c1ccc(C(=O)C(c2ccc(Cl)cc2)n2ccnc2)cc1. The van der Waals surface area contributed by atoms with E-state index in [-0.39, 0.29) is 5.78 Å². The van der Waals surface area contributed by atoms with Gasteiger partial charge in [0.05, 0.1) is 6.33 Å². The van der Waals surface area contributed by atoms with Crippen molar-refractivity contribution in [2.75, 3.05) is 19.0 Å². The molecule has 24 heavy (non-hydrogen) atoms. The highest BCUT2D eigenvalue weighted by Gasteiger charge is 2.23. The minimum absolute atomic E-state index is 0.0145. The van der Waals surface area contributed by atoms with Gasteiger partial charge < -0.3 is 9.47 Å². The number of carbonyl (C=O) groups excluding carboxylic acids is 1. The van der Waals surface area contributed by atoms with Crippen molar-refractivity contribution in [3.63, 3.8) is 0 Å². The van der Waals surface area contributed by atoms with Crippen molar-refractivity contribution in [3.8, 4) is 0 Å². The highest BCUT2D eigenvalue weighted by molar-refractivity contribution is 6.30. The number of imidazole rings is 1. The molecule has 0 fully saturated rings. The second-order valence-corrected chi connectivity index (χ2v) is 6.21. The van der Waals surface area contributed by atoms with Crippen LogP contribution in [0.5, 0.6) is 0 Å². The molecular formula is C19H18ClN3O. The summed E-state index contributed by atoms with van der Waals surface area (Å²) in [5, 5.41) is 0.644. The molecule has 0 saturated heterocycles. The smallest absolute Gasteiger partial charge is 0.190 e. The summed E-state index contributed by atoms with van der Waals surface area (Å²) in [6, 6.07) is 14.5. The molecule has 0 radical (unpaired) electrons. The van der Waals surface area contributed by atoms with Crippen LogP contribution in [0.25, 0.3) is 0 Å². The number of aromatic nitrogens is 2. The third-order valence-corrected chi connectivity index (χ3v) is 4.18. The summed E-state index contributed by atoms with van der Waals surface area (Å²) >= 11 is 5.98. The minimum atomic E-state index is -0.463. The minimum Gasteiger partial charge on any atom is -0.378 e. The first-order chi connectivity index (χ1) is 11.6. The molecule has 0 spiro atoms. The average Bonchev–Trinajstić information content (AvgIpc) is 3.11. The second kappa shape index (κ2) is 6.89. The van der Waals surface area contributed by atoms with Gasteiger partial charge in [0, 0.05) is 42.8 Å². The fourth-order valence-electron chi connectivity index (χ4n) is 2.61. The van der Waals surface area contributed by atoms with Crippen molar-refractivity contribution in [2.24, 2.45) is 0 Å². The molecule has 1 unspecified atom stereocenters. The molecule has 0 bridgehead atoms. The summed E-state index contributed by atoms with van der Waals surface area (Å²) in [5.74, 6) is 0.0145. The molecule has 2 aromatic carbocycles. The van der Waals surface area contributed by atoms with Gasteiger partial charge in [0.25, 0.3) is 0 Å². The number of carbonyl (C=O) groups is 1. The molecule has 0 N–H and O–H groups in total. The average molecular weight is 340 g/mol. The van der Waals surface area contributed by atoms with E-state index in [1.165, 1.54) is 0 Å². The van der Waals surface area contributed by atoms with Gasteiger partial charge in [-0.15, -0.1) is 0 Å². The lowest BCUT2D eigenvalue weighted by molar-refractivity contribution is 0.0946. The lowest BCUT2D eigenvalue weighted by Gasteiger charge is -2.19. The Hall–Kier alpha value is -2.59. The Morgan fingerprint density at radius 2 is 1.75 bits per heavy atom. The summed E-state index contributed by atoms with van der Waals surface area (Å²) < 4.78 is 1.81. The maximum absolute atomic E-state index is 13.1. The van der Waals surface area contributed by atoms with Gasteiger partial charge in [-0.1, -0.05) is 23.7 Å². The predicted octanol–water partition coefficient (Wildman–Crippen LogP) is 4.07. The van der Waals surface area contributed by atoms with Crippen LogP contribution in [-0.4, -0.2) is 29.4 Å². The lowest BCUT2D eigenvalue weighted by Crippen LogP contribution is -2.20. The molecule has 0 saturated carbocycles. The third kappa shape index (κ3) is 3.34. The van der Waals surface area contributed by atoms with E-state index in [0.29, 0.717) is 10.6 Å². The zero-order valence-corrected chi connectivity index (χ0v) is 14.3. The number of anilines is 1. The summed E-state index contributed by atoms with van der Waals surface area (Å²) in [6.45, 7) is 0. The molecule has 1 heterocycles. The number of hydrogen-bond donors (Lipinski definition) is 0. The third-order valence-electron chi connectivity index (χ3n) is 3.93. The summed E-state index contributed by atoms with van der Waals surface area (Å²) in [5.41, 5.74) is 2.59. The number of Topliss-reactive ketones (excluding diaryl/α,β-unsaturated/α-hetero) is 1. The van der Waals surface area contributed by atoms with Crippen LogP contribution in [-0.2, 0) is 0 Å². The molecule has 0 amide bonds. The van der Waals surface area contributed by atoms with E-state index in [1.54, 1.807) is 30.9 Å². The Bertz CT molecular complexity index is 809. The van der Waals surface area contributed by atoms with Gasteiger partial charge in [0.1, 0.15) is 6.04 Å². The van der Waals surface area contributed by atoms with Crippen LogP contribution >= 0.6 is 11.6 Å². The molecule has 0 aliphatic heterocycles. The fraction of sp³-hybridized carbons (Fsp3) is 0.158. The van der Waals surface area contributed by atoms with Crippen LogP contribution < -0.4 is 4.90 Å². The molecule has 1 aromatic heterocycles. The van der Waals surface area contributed by atoms with Gasteiger partial charge in [0.15, 0.2) is 5.78 Å². The number of halogens is 1. The Balaban J connectivity index is 1.99. The van der Waals surface area contributed by atoms with E-state index in [9.17, 15) is 4.79 Å². The maximum Gasteiger partial charge on any atom is 0.190 e. The molecular weight excluding hydrogens is 322 g/mol. The summed E-state index contributed by atoms with van der Waals surface area (Å²) in [7, 11) is 3.94. The highest BCUT2D eigenvalue weighted by Crippen LogP contribution is 2.25. The molecule has 122 valence electrons. The molecule has 3 aromatic rings. The van der Waals surface area contributed by atoms with Gasteiger partial charge >= 0.3 is 0 Å². The normalized spacial score (nSPS) is 12.0. The van der Waals surface area contributed by atoms with E-state index < -0.39 is 6.04 Å². The summed E-state index contributed by atoms with van der Waals surface area (Å²) in [4.78, 5) is 19.2. The van der Waals surface area contributed by atoms with Crippen LogP contribution in [0.3, 0.4) is 0 Å². The van der Waals surface area contributed by atoms with Gasteiger partial charge in [0.2, 0.25) is 0 Å². The van der Waals surface area contributed by atoms with E-state index in [0.717, 1.165) is 11.3 Å². The predicted molar refractivity (Wildman–Crippen MR) is 96.9 cm³/mol. The standard InChI is InChI=1S/C19H18ClN3O/c1-22(2)17-9-5-15(6-10-17)19(24)18(23-12-11-21-13-23)14-3-7-16(20)8-4-14/h3-13,18H,1-2H3. The monoisotopic (exact) mass is 339 g/mol. The zero-order valence-electron chi connectivity index (χ0n) is 13.6. The van der Waals surface area contributed by atoms with Crippen molar-refractivity contribution in [2.45, 2.75) is 6.04 Å². The second-order valence-electron chi connectivity index (χ2n) is 5.77. The maximum atomic E-state index is 13.1. The van der Waals surface area contributed by atoms with E-state index in [4.69, 9.17) is 11.6 Å². The van der Waals surface area contributed by atoms with Crippen molar-refractivity contribution >= 4 is 23.1 Å². The molecule has 3 rings (SSSR count). The Kier molecular flexibility index (Phi) is 4.67. The summed E-state index contributed by atoms with van der Waals surface area (Å²) in [6.07, 6.45) is 5.13. The van der Waals surface area contributed by atoms with Crippen LogP contribution in [0.2, 0.25) is 5.02 Å². The van der Waals surface area contributed by atoms with Gasteiger partial charge in [-0.2, -0.15) is 0 Å². The van der Waals surface area contributed by atoms with E-state index in [2.05, 4.69) is 4.98 Å². The number of nitrogens with zero attached hydrogens (tertiary/aromatic N) is 3. The molecule has 0 aliphatic rings.